The number of thioether (sulfide) groups is 1. The lowest BCUT2D eigenvalue weighted by Gasteiger charge is -2.29. The second kappa shape index (κ2) is 93.2. The zero-order chi connectivity index (χ0) is 110. The first kappa shape index (κ1) is 152. The highest BCUT2D eigenvalue weighted by atomic mass is 79.9. The molecule has 10 N–H and O–H groups in total. The number of nitrogens with one attached hydrogen (secondary N) is 6. The predicted molar refractivity (Wildman–Crippen MR) is 632 cm³/mol. The van der Waals surface area contributed by atoms with Crippen LogP contribution in [-0.2, 0) is 81.3 Å². The number of halogens is 3. The van der Waals surface area contributed by atoms with Gasteiger partial charge in [-0.3, -0.25) is 53.3 Å². The summed E-state index contributed by atoms with van der Waals surface area (Å²) in [7, 11) is 9.77. The van der Waals surface area contributed by atoms with E-state index in [0.29, 0.717) is 110 Å². The summed E-state index contributed by atoms with van der Waals surface area (Å²) in [6, 6.07) is 3.51. The number of nitro groups is 1. The molecule has 8 atom stereocenters. The average molecular weight is 2340 g/mol. The van der Waals surface area contributed by atoms with Crippen LogP contribution >= 0.6 is 117 Å². The number of ketones is 2. The van der Waals surface area contributed by atoms with Gasteiger partial charge < -0.3 is 71.9 Å². The van der Waals surface area contributed by atoms with Crippen molar-refractivity contribution in [2.24, 2.45) is 34.1 Å². The molecule has 3 aliphatic heterocycles. The molecule has 0 radical (unpaired) electrons. The number of imide groups is 1. The first-order valence-corrected chi connectivity index (χ1v) is 59.2. The molecule has 1 saturated heterocycles. The summed E-state index contributed by atoms with van der Waals surface area (Å²) in [5.41, 5.74) is 12.3. The Labute approximate surface area is 943 Å². The third-order valence-electron chi connectivity index (χ3n) is 20.5. The number of hydrogen-bond donors (Lipinski definition) is 8. The Morgan fingerprint density at radius 1 is 0.533 bits per heavy atom. The Morgan fingerprint density at radius 3 is 1.31 bits per heavy atom. The predicted octanol–water partition coefficient (Wildman–Crippen LogP) is 23.4. The molecule has 1 aromatic rings. The topological polar surface area (TPSA) is 465 Å². The van der Waals surface area contributed by atoms with Gasteiger partial charge in [0.05, 0.1) is 23.4 Å². The van der Waals surface area contributed by atoms with Crippen molar-refractivity contribution in [1.82, 2.24) is 37.0 Å². The Morgan fingerprint density at radius 2 is 0.927 bits per heavy atom. The zero-order valence-corrected chi connectivity index (χ0v) is 98.2. The van der Waals surface area contributed by atoms with E-state index in [-0.39, 0.29) is 167 Å². The lowest BCUT2D eigenvalue weighted by molar-refractivity contribution is -0.384. The molecule has 3 aliphatic rings. The van der Waals surface area contributed by atoms with Crippen molar-refractivity contribution >= 4 is 205 Å². The normalized spacial score (nSPS) is 15.4. The maximum absolute atomic E-state index is 13.2. The molecule has 1 fully saturated rings. The van der Waals surface area contributed by atoms with Crippen LogP contribution in [-0.4, -0.2) is 217 Å². The van der Waals surface area contributed by atoms with Crippen LogP contribution in [0, 0.1) is 32.8 Å². The highest BCUT2D eigenvalue weighted by Crippen LogP contribution is 2.29. The highest BCUT2D eigenvalue weighted by molar-refractivity contribution is 8.93. The van der Waals surface area contributed by atoms with Gasteiger partial charge in [-0.2, -0.15) is 11.8 Å². The number of rotatable bonds is 59. The van der Waals surface area contributed by atoms with Crippen LogP contribution in [0.3, 0.4) is 0 Å². The third-order valence-corrected chi connectivity index (χ3v) is 27.0. The number of nitro benzene ring substituents is 1. The first-order valence-electron chi connectivity index (χ1n) is 48.9. The quantitative estimate of drug-likeness (QED) is 0.00257. The summed E-state index contributed by atoms with van der Waals surface area (Å²) < 4.78 is 27.1. The second-order valence-corrected chi connectivity index (χ2v) is 46.0. The number of benzene rings is 1. The van der Waals surface area contributed by atoms with E-state index >= 15 is 0 Å². The summed E-state index contributed by atoms with van der Waals surface area (Å²) in [6.45, 7) is 34.1. The van der Waals surface area contributed by atoms with E-state index in [0.717, 1.165) is 67.2 Å². The number of carbonyl (C=O) groups excluding carboxylic acids is 14. The van der Waals surface area contributed by atoms with E-state index < -0.39 is 76.0 Å². The molecule has 8 amide bonds. The van der Waals surface area contributed by atoms with Crippen molar-refractivity contribution in [3.8, 4) is 5.75 Å². The van der Waals surface area contributed by atoms with Crippen LogP contribution in [0.5, 0.6) is 5.75 Å². The van der Waals surface area contributed by atoms with E-state index in [9.17, 15) is 77.2 Å². The molecule has 0 aromatic heterocycles. The molecule has 0 aliphatic carbocycles. The molecular weight excluding hydrogens is 2160 g/mol. The number of nitrogens with zero attached hydrogens (tertiary/aromatic N) is 2. The standard InChI is InChI=1S/C39H58ClN3O7S2.C38H47ClN2O9.C8H18N2OS.C8H11NO4S2.C8H17NOS2.C4H11N.3CH4.BrH/c1-27(26-29(3)33-21-18-28(2)37(47)50-33)14-9-12-17-35(46)43-36(39(5,6)7)32(44)16-11-10-15-31(20-19-30(4)40)49-38(48)42-24-13-23-41-34(45)22-25-52-51-8;1-25(24-27(3)33-23-16-26(2)36(44)50-33)12-8-11-15-34(43)40-35(38(5,6)7)32(42)14-10-9-13-30(20-17-28(4)39)48-37(45)49-31-21-18-29(19-22-31)41(46)47;1-12-7-2-4-8(11)10-6-3-5-9;1-14-15-5-4-8(12)13-9-6(10)2-3-7(9)11;1-3-4-6-9-8(10)5-7-12-11-2;1-2-3-4-5;;;;/h9-12,14,17-19,26,29,31,33,36H,13,15-16,20-25H2,1-8H3,(H,41,45)(H,42,48)(H,43,46);8-12,15-19,21-22,24,27,30,33,35H,13-14,20,23H2,1-7H3,(H,40,43);2-7,9H2,1H3,(H,10,11);2-5H2,1H3;3-7H2,1-2H3,(H,9,10);2-5H2,1H3;3*1H4;1H/b11-10-,14-9-,17-12-,27-26+,30-19+;10-9-,12-8-,15-11-,25-24+,28-17+;;;;;;;;/t29-,31+,33-,36+;27-,30+,33-,35+;;;;;;;;/m00......../s1. The molecule has 0 unspecified atom stereocenters. The van der Waals surface area contributed by atoms with Crippen molar-refractivity contribution in [3.63, 3.8) is 0 Å². The van der Waals surface area contributed by atoms with Gasteiger partial charge in [0.2, 0.25) is 29.5 Å². The highest BCUT2D eigenvalue weighted by Gasteiger charge is 2.35. The van der Waals surface area contributed by atoms with Crippen LogP contribution in [0.2, 0.25) is 0 Å². The third kappa shape index (κ3) is 80.5. The van der Waals surface area contributed by atoms with Crippen molar-refractivity contribution in [2.75, 3.05) is 87.3 Å². The van der Waals surface area contributed by atoms with Gasteiger partial charge in [0, 0.05) is 184 Å². The SMILES string of the molecule is Br.C.C.C.CC1=CC[C@@H]([C@@H](C)/C=C(C)/C=C\C=C/C(=O)N[C@H](C(=O)C/C=C\C[C@H](C/C=C(\C)Cl)OC(=O)Oc2ccc([N+](=O)[O-])cc2)C(C)(C)C)OC1=O.CCCCN.CCCCNC(=O)CCSSC.CSCCCC(=O)NCCCN.CSSCCC(=O)NCCCNC(=O)O[C@H](C/C=C\CC(=O)[C@@H](NC(=O)\C=C/C=C\C(C)=C\[C@H](C)[C@@H]1CC=C(C)C(=O)O1)C(C)(C)C)C/C=C(\C)Cl.CSSCCC(=O)ON1C(=O)CCC1=O. The van der Waals surface area contributed by atoms with Crippen LogP contribution in [0.25, 0.3) is 0 Å². The number of cyclic esters (lactones) is 2. The average Bonchev–Trinajstić information content (AvgIpc) is 1.78. The molecule has 0 bridgehead atoms. The molecule has 150 heavy (non-hydrogen) atoms. The molecule has 32 nitrogen and oxygen atoms in total. The lowest BCUT2D eigenvalue weighted by Crippen LogP contribution is -2.48. The minimum Gasteiger partial charge on any atom is -0.458 e. The van der Waals surface area contributed by atoms with Crippen molar-refractivity contribution in [3.05, 3.63) is 176 Å². The number of unbranched alkanes of at least 4 members (excludes halogenated alkanes) is 2. The van der Waals surface area contributed by atoms with E-state index in [1.54, 1.807) is 154 Å². The smallest absolute Gasteiger partial charge is 0.458 e. The van der Waals surface area contributed by atoms with Gasteiger partial charge in [0.1, 0.15) is 30.2 Å². The monoisotopic (exact) mass is 2340 g/mol. The zero-order valence-electron chi connectivity index (χ0n) is 89.3. The molecular formula is C108H175BrCl2N10O22S7. The Bertz CT molecular complexity index is 4480. The number of Topliss-reactive ketones (excluding diaryl/α,β-unsaturated/α-hetero) is 2. The van der Waals surface area contributed by atoms with Gasteiger partial charge >= 0.3 is 30.2 Å². The Balaban J connectivity index is -0.000000482. The number of esters is 2. The number of allylic oxidation sites excluding steroid dienone is 12. The van der Waals surface area contributed by atoms with Gasteiger partial charge in [-0.15, -0.1) is 22.0 Å². The fourth-order valence-corrected chi connectivity index (χ4v) is 16.6. The van der Waals surface area contributed by atoms with Gasteiger partial charge in [0.25, 0.3) is 17.5 Å². The molecule has 0 spiro atoms. The molecule has 852 valence electrons. The van der Waals surface area contributed by atoms with Crippen LogP contribution in [0.1, 0.15) is 268 Å². The Kier molecular flexibility index (Phi) is 94.6. The first-order chi connectivity index (χ1) is 69.2. The maximum atomic E-state index is 13.2. The lowest BCUT2D eigenvalue weighted by atomic mass is 9.83. The second-order valence-electron chi connectivity index (χ2n) is 35.7. The van der Waals surface area contributed by atoms with E-state index in [4.69, 9.17) is 58.4 Å². The summed E-state index contributed by atoms with van der Waals surface area (Å²) in [5, 5.41) is 29.4. The summed E-state index contributed by atoms with van der Waals surface area (Å²) >= 11 is 13.8. The maximum Gasteiger partial charge on any atom is 0.514 e. The van der Waals surface area contributed by atoms with Crippen molar-refractivity contribution in [1.29, 1.82) is 0 Å². The van der Waals surface area contributed by atoms with E-state index in [2.05, 4.69) is 50.6 Å². The summed E-state index contributed by atoms with van der Waals surface area (Å²) in [4.78, 5) is 183. The van der Waals surface area contributed by atoms with Crippen molar-refractivity contribution in [2.45, 2.75) is 304 Å². The van der Waals surface area contributed by atoms with E-state index in [1.165, 1.54) is 60.1 Å². The van der Waals surface area contributed by atoms with Gasteiger partial charge in [-0.05, 0) is 140 Å². The molecule has 4 rings (SSSR count). The van der Waals surface area contributed by atoms with Crippen molar-refractivity contribution < 1.29 is 101 Å². The van der Waals surface area contributed by atoms with Crippen LogP contribution in [0.4, 0.5) is 15.3 Å². The number of hydrogen-bond acceptors (Lipinski definition) is 31. The number of nitrogens with two attached hydrogens (primary N) is 2. The minimum atomic E-state index is -0.993. The van der Waals surface area contributed by atoms with Crippen LogP contribution in [0.15, 0.2) is 166 Å². The molecule has 3 heterocycles. The molecule has 42 heteroatoms. The minimum absolute atomic E-state index is 0. The fourth-order valence-electron chi connectivity index (χ4n) is 12.5. The number of hydroxylamine groups is 2. The Hall–Kier alpha value is -8.29. The number of ether oxygens (including phenoxy) is 5. The van der Waals surface area contributed by atoms with Gasteiger partial charge in [0.15, 0.2) is 11.6 Å². The van der Waals surface area contributed by atoms with Gasteiger partial charge in [-0.1, -0.05) is 301 Å². The number of non-ortho nitro benzene ring substituents is 1. The molecule has 0 saturated carbocycles. The number of carbonyl (C=O) groups is 14. The van der Waals surface area contributed by atoms with Crippen LogP contribution < -0.4 is 48.1 Å². The molecule has 1 aromatic carbocycles. The largest absolute Gasteiger partial charge is 0.514 e. The number of amides is 8. The van der Waals surface area contributed by atoms with Gasteiger partial charge in [-0.25, -0.2) is 24.0 Å². The summed E-state index contributed by atoms with van der Waals surface area (Å²) in [5.74, 6) is 0.651. The fraction of sp³-hybridized carbons (Fsp3) is 0.593. The van der Waals surface area contributed by atoms with E-state index in [1.807, 2.05) is 131 Å². The summed E-state index contributed by atoms with van der Waals surface area (Å²) in [6.07, 6.45) is 48.1. The number of alkyl carbamates (subject to hydrolysis) is 1.